The number of carbonyl (C=O) groups is 1. The van der Waals surface area contributed by atoms with Crippen LogP contribution in [-0.2, 0) is 27.0 Å². The molecule has 3 rings (SSSR count). The SMILES string of the molecule is CCC(=O)N1CCc2cc(S(=O)(=O)NCCSCc3ccccc3)ccc21. The number of hydrogen-bond donors (Lipinski definition) is 1. The molecule has 5 nitrogen and oxygen atoms in total. The van der Waals surface area contributed by atoms with Crippen LogP contribution in [0.4, 0.5) is 5.69 Å². The molecule has 0 radical (unpaired) electrons. The molecule has 7 heteroatoms. The quantitative estimate of drug-likeness (QED) is 0.686. The van der Waals surface area contributed by atoms with Crippen LogP contribution in [-0.4, -0.2) is 33.2 Å². The van der Waals surface area contributed by atoms with Crippen LogP contribution in [0.1, 0.15) is 24.5 Å². The Morgan fingerprint density at radius 1 is 1.19 bits per heavy atom. The molecule has 0 saturated carbocycles. The van der Waals surface area contributed by atoms with Crippen molar-refractivity contribution in [2.75, 3.05) is 23.7 Å². The molecule has 0 aliphatic carbocycles. The average molecular weight is 405 g/mol. The predicted molar refractivity (Wildman–Crippen MR) is 111 cm³/mol. The molecule has 0 aromatic heterocycles. The summed E-state index contributed by atoms with van der Waals surface area (Å²) in [7, 11) is -3.54. The molecule has 1 N–H and O–H groups in total. The van der Waals surface area contributed by atoms with Crippen LogP contribution in [0.15, 0.2) is 53.4 Å². The van der Waals surface area contributed by atoms with Gasteiger partial charge in [0.1, 0.15) is 0 Å². The van der Waals surface area contributed by atoms with Crippen molar-refractivity contribution in [1.82, 2.24) is 4.72 Å². The lowest BCUT2D eigenvalue weighted by Crippen LogP contribution is -2.28. The highest BCUT2D eigenvalue weighted by Gasteiger charge is 2.25. The van der Waals surface area contributed by atoms with Gasteiger partial charge in [0.25, 0.3) is 0 Å². The first-order valence-corrected chi connectivity index (χ1v) is 11.7. The van der Waals surface area contributed by atoms with Crippen molar-refractivity contribution in [3.05, 3.63) is 59.7 Å². The summed E-state index contributed by atoms with van der Waals surface area (Å²) in [4.78, 5) is 14.0. The van der Waals surface area contributed by atoms with E-state index in [4.69, 9.17) is 0 Å². The first-order valence-electron chi connectivity index (χ1n) is 9.06. The summed E-state index contributed by atoms with van der Waals surface area (Å²) in [6.45, 7) is 2.84. The molecule has 1 amide bonds. The predicted octanol–water partition coefficient (Wildman–Crippen LogP) is 3.20. The zero-order valence-electron chi connectivity index (χ0n) is 15.3. The summed E-state index contributed by atoms with van der Waals surface area (Å²) in [5, 5.41) is 0. The van der Waals surface area contributed by atoms with E-state index in [-0.39, 0.29) is 10.8 Å². The number of anilines is 1. The van der Waals surface area contributed by atoms with Gasteiger partial charge in [-0.05, 0) is 35.7 Å². The van der Waals surface area contributed by atoms with E-state index in [1.165, 1.54) is 5.56 Å². The summed E-state index contributed by atoms with van der Waals surface area (Å²) in [6, 6.07) is 15.1. The van der Waals surface area contributed by atoms with E-state index < -0.39 is 10.0 Å². The summed E-state index contributed by atoms with van der Waals surface area (Å²) in [6.07, 6.45) is 1.14. The molecule has 2 aromatic rings. The van der Waals surface area contributed by atoms with Gasteiger partial charge in [-0.25, -0.2) is 13.1 Å². The fourth-order valence-electron chi connectivity index (χ4n) is 3.09. The summed E-state index contributed by atoms with van der Waals surface area (Å²) in [5.74, 6) is 1.64. The van der Waals surface area contributed by atoms with Crippen LogP contribution < -0.4 is 9.62 Å². The van der Waals surface area contributed by atoms with Gasteiger partial charge in [0.05, 0.1) is 4.90 Å². The summed E-state index contributed by atoms with van der Waals surface area (Å²) >= 11 is 1.70. The number of rotatable bonds is 8. The van der Waals surface area contributed by atoms with Gasteiger partial charge in [-0.15, -0.1) is 0 Å². The van der Waals surface area contributed by atoms with Crippen molar-refractivity contribution in [2.45, 2.75) is 30.4 Å². The van der Waals surface area contributed by atoms with Gasteiger partial charge in [0.15, 0.2) is 0 Å². The number of nitrogens with zero attached hydrogens (tertiary/aromatic N) is 1. The van der Waals surface area contributed by atoms with E-state index >= 15 is 0 Å². The minimum atomic E-state index is -3.54. The maximum atomic E-state index is 12.5. The summed E-state index contributed by atoms with van der Waals surface area (Å²) < 4.78 is 27.7. The van der Waals surface area contributed by atoms with E-state index in [2.05, 4.69) is 16.9 Å². The van der Waals surface area contributed by atoms with Crippen molar-refractivity contribution in [1.29, 1.82) is 0 Å². The molecule has 0 unspecified atom stereocenters. The average Bonchev–Trinajstić information content (AvgIpc) is 3.11. The van der Waals surface area contributed by atoms with Crippen LogP contribution in [0.2, 0.25) is 0 Å². The van der Waals surface area contributed by atoms with E-state index in [1.54, 1.807) is 34.9 Å². The van der Waals surface area contributed by atoms with Gasteiger partial charge in [-0.3, -0.25) is 4.79 Å². The Labute approximate surface area is 165 Å². The van der Waals surface area contributed by atoms with Crippen LogP contribution in [0.3, 0.4) is 0 Å². The number of carbonyl (C=O) groups excluding carboxylic acids is 1. The lowest BCUT2D eigenvalue weighted by Gasteiger charge is -2.16. The minimum Gasteiger partial charge on any atom is -0.312 e. The number of nitrogens with one attached hydrogen (secondary N) is 1. The van der Waals surface area contributed by atoms with E-state index in [9.17, 15) is 13.2 Å². The Morgan fingerprint density at radius 3 is 2.70 bits per heavy atom. The first-order chi connectivity index (χ1) is 13.0. The standard InChI is InChI=1S/C20H24N2O3S2/c1-2-20(23)22-12-10-17-14-18(8-9-19(17)22)27(24,25)21-11-13-26-15-16-6-4-3-5-7-16/h3-9,14,21H,2,10-13,15H2,1H3. The topological polar surface area (TPSA) is 66.5 Å². The second-order valence-electron chi connectivity index (χ2n) is 6.38. The van der Waals surface area contributed by atoms with Crippen LogP contribution >= 0.6 is 11.8 Å². The highest BCUT2D eigenvalue weighted by atomic mass is 32.2. The van der Waals surface area contributed by atoms with E-state index in [1.807, 2.05) is 25.1 Å². The molecule has 1 aliphatic heterocycles. The first kappa shape index (κ1) is 19.9. The third-order valence-corrected chi connectivity index (χ3v) is 7.00. The molecule has 0 atom stereocenters. The van der Waals surface area contributed by atoms with Crippen molar-refractivity contribution in [3.63, 3.8) is 0 Å². The van der Waals surface area contributed by atoms with Gasteiger partial charge in [0.2, 0.25) is 15.9 Å². The number of hydrogen-bond acceptors (Lipinski definition) is 4. The maximum Gasteiger partial charge on any atom is 0.240 e. The zero-order chi connectivity index (χ0) is 19.3. The molecular weight excluding hydrogens is 380 g/mol. The Balaban J connectivity index is 1.55. The monoisotopic (exact) mass is 404 g/mol. The molecule has 1 heterocycles. The highest BCUT2D eigenvalue weighted by Crippen LogP contribution is 2.30. The lowest BCUT2D eigenvalue weighted by atomic mass is 10.2. The van der Waals surface area contributed by atoms with Gasteiger partial charge in [-0.1, -0.05) is 37.3 Å². The van der Waals surface area contributed by atoms with Gasteiger partial charge < -0.3 is 4.90 Å². The fraction of sp³-hybridized carbons (Fsp3) is 0.350. The maximum absolute atomic E-state index is 12.5. The second-order valence-corrected chi connectivity index (χ2v) is 9.25. The third-order valence-electron chi connectivity index (χ3n) is 4.51. The minimum absolute atomic E-state index is 0.0675. The Bertz CT molecular complexity index is 899. The van der Waals surface area contributed by atoms with Crippen molar-refractivity contribution in [3.8, 4) is 0 Å². The van der Waals surface area contributed by atoms with E-state index in [0.717, 1.165) is 17.0 Å². The number of thioether (sulfide) groups is 1. The van der Waals surface area contributed by atoms with Crippen LogP contribution in [0.5, 0.6) is 0 Å². The molecule has 27 heavy (non-hydrogen) atoms. The largest absolute Gasteiger partial charge is 0.312 e. The number of amides is 1. The van der Waals surface area contributed by atoms with Crippen LogP contribution in [0.25, 0.3) is 0 Å². The van der Waals surface area contributed by atoms with Gasteiger partial charge >= 0.3 is 0 Å². The molecular formula is C20H24N2O3S2. The number of sulfonamides is 1. The van der Waals surface area contributed by atoms with Gasteiger partial charge in [-0.2, -0.15) is 11.8 Å². The molecule has 1 aliphatic rings. The van der Waals surface area contributed by atoms with Crippen molar-refractivity contribution < 1.29 is 13.2 Å². The molecule has 0 fully saturated rings. The van der Waals surface area contributed by atoms with Gasteiger partial charge in [0, 0.05) is 36.7 Å². The number of benzene rings is 2. The third kappa shape index (κ3) is 4.91. The molecule has 2 aromatic carbocycles. The number of fused-ring (bicyclic) bond motifs is 1. The van der Waals surface area contributed by atoms with Crippen LogP contribution in [0, 0.1) is 0 Å². The second kappa shape index (κ2) is 8.91. The fourth-order valence-corrected chi connectivity index (χ4v) is 5.12. The molecule has 0 bridgehead atoms. The van der Waals surface area contributed by atoms with Crippen molar-refractivity contribution >= 4 is 33.4 Å². The lowest BCUT2D eigenvalue weighted by molar-refractivity contribution is -0.118. The Hall–Kier alpha value is -1.83. The summed E-state index contributed by atoms with van der Waals surface area (Å²) in [5.41, 5.74) is 2.98. The molecule has 144 valence electrons. The van der Waals surface area contributed by atoms with Crippen molar-refractivity contribution in [2.24, 2.45) is 0 Å². The smallest absolute Gasteiger partial charge is 0.240 e. The normalized spacial score (nSPS) is 13.6. The zero-order valence-corrected chi connectivity index (χ0v) is 17.0. The molecule has 0 saturated heterocycles. The Morgan fingerprint density at radius 2 is 1.96 bits per heavy atom. The van der Waals surface area contributed by atoms with E-state index in [0.29, 0.717) is 31.7 Å². The highest BCUT2D eigenvalue weighted by molar-refractivity contribution is 7.98. The Kier molecular flexibility index (Phi) is 6.57. The molecule has 0 spiro atoms.